The first-order chi connectivity index (χ1) is 8.33. The molecule has 2 fully saturated rings. The molecule has 92 valence electrons. The largest absolute Gasteiger partial charge is 0.359 e. The van der Waals surface area contributed by atoms with E-state index in [1.807, 2.05) is 0 Å². The number of hydrogen-bond acceptors (Lipinski definition) is 5. The van der Waals surface area contributed by atoms with Crippen LogP contribution in [0.15, 0.2) is 0 Å². The highest BCUT2D eigenvalue weighted by atomic mass is 32.1. The van der Waals surface area contributed by atoms with Crippen LogP contribution in [0.3, 0.4) is 0 Å². The van der Waals surface area contributed by atoms with Gasteiger partial charge in [-0.3, -0.25) is 4.79 Å². The van der Waals surface area contributed by atoms with Gasteiger partial charge in [-0.1, -0.05) is 0 Å². The Morgan fingerprint density at radius 2 is 2.12 bits per heavy atom. The van der Waals surface area contributed by atoms with Crippen LogP contribution in [0, 0.1) is 5.92 Å². The number of carbonyl (C=O) groups excluding carboxylic acids is 1. The monoisotopic (exact) mass is 252 g/mol. The molecular weight excluding hydrogens is 236 g/mol. The summed E-state index contributed by atoms with van der Waals surface area (Å²) < 4.78 is 4.31. The zero-order valence-corrected chi connectivity index (χ0v) is 10.4. The molecule has 1 aromatic heterocycles. The van der Waals surface area contributed by atoms with Crippen molar-refractivity contribution in [2.75, 3.05) is 18.4 Å². The van der Waals surface area contributed by atoms with E-state index in [0.717, 1.165) is 30.3 Å². The molecule has 2 aliphatic carbocycles. The van der Waals surface area contributed by atoms with Crippen LogP contribution >= 0.6 is 11.5 Å². The van der Waals surface area contributed by atoms with Crippen LogP contribution in [0.4, 0.5) is 5.13 Å². The van der Waals surface area contributed by atoms with Crippen LogP contribution < -0.4 is 10.6 Å². The van der Waals surface area contributed by atoms with Crippen molar-refractivity contribution in [1.82, 2.24) is 14.7 Å². The smallest absolute Gasteiger partial charge is 0.223 e. The van der Waals surface area contributed by atoms with Gasteiger partial charge in [0, 0.05) is 36.5 Å². The van der Waals surface area contributed by atoms with Gasteiger partial charge in [-0.25, -0.2) is 4.98 Å². The minimum atomic E-state index is 0.197. The fourth-order valence-electron chi connectivity index (χ4n) is 1.66. The molecule has 0 saturated heterocycles. The van der Waals surface area contributed by atoms with E-state index in [9.17, 15) is 4.79 Å². The van der Waals surface area contributed by atoms with Gasteiger partial charge in [0.15, 0.2) is 0 Å². The van der Waals surface area contributed by atoms with Crippen molar-refractivity contribution in [3.8, 4) is 0 Å². The minimum Gasteiger partial charge on any atom is -0.359 e. The van der Waals surface area contributed by atoms with Crippen molar-refractivity contribution in [2.24, 2.45) is 5.92 Å². The minimum absolute atomic E-state index is 0.197. The first kappa shape index (κ1) is 11.0. The maximum Gasteiger partial charge on any atom is 0.223 e. The normalized spacial score (nSPS) is 19.1. The van der Waals surface area contributed by atoms with Gasteiger partial charge in [0.25, 0.3) is 0 Å². The average molecular weight is 252 g/mol. The Kier molecular flexibility index (Phi) is 2.96. The van der Waals surface area contributed by atoms with Crippen LogP contribution in [0.5, 0.6) is 0 Å². The van der Waals surface area contributed by atoms with Gasteiger partial charge in [-0.15, -0.1) is 0 Å². The van der Waals surface area contributed by atoms with Gasteiger partial charge in [-0.05, 0) is 25.7 Å². The molecule has 0 radical (unpaired) electrons. The number of anilines is 1. The van der Waals surface area contributed by atoms with Crippen LogP contribution in [-0.2, 0) is 4.79 Å². The number of hydrogen-bond donors (Lipinski definition) is 2. The number of rotatable bonds is 6. The molecule has 6 heteroatoms. The maximum atomic E-state index is 11.4. The summed E-state index contributed by atoms with van der Waals surface area (Å²) >= 11 is 1.41. The van der Waals surface area contributed by atoms with E-state index in [4.69, 9.17) is 0 Å². The first-order valence-corrected chi connectivity index (χ1v) is 6.95. The maximum absolute atomic E-state index is 11.4. The Hall–Kier alpha value is -1.17. The summed E-state index contributed by atoms with van der Waals surface area (Å²) in [6, 6.07) is 0. The highest BCUT2D eigenvalue weighted by molar-refractivity contribution is 7.09. The van der Waals surface area contributed by atoms with Crippen LogP contribution in [-0.4, -0.2) is 28.4 Å². The molecule has 17 heavy (non-hydrogen) atoms. The molecule has 0 bridgehead atoms. The van der Waals surface area contributed by atoms with Crippen molar-refractivity contribution in [1.29, 1.82) is 0 Å². The third-order valence-corrected chi connectivity index (χ3v) is 3.72. The summed E-state index contributed by atoms with van der Waals surface area (Å²) in [6.45, 7) is 1.38. The second-order valence-corrected chi connectivity index (χ2v) is 5.48. The molecule has 0 spiro atoms. The standard InChI is InChI=1S/C11H16N4OS/c16-10(8-3-4-8)12-5-6-13-11-14-9(15-17-11)7-1-2-7/h7-8H,1-6H2,(H,12,16)(H,13,14,15). The summed E-state index contributed by atoms with van der Waals surface area (Å²) in [7, 11) is 0. The van der Waals surface area contributed by atoms with E-state index < -0.39 is 0 Å². The molecule has 0 aromatic carbocycles. The fourth-order valence-corrected chi connectivity index (χ4v) is 2.33. The third kappa shape index (κ3) is 2.94. The third-order valence-electron chi connectivity index (χ3n) is 3.03. The molecule has 5 nitrogen and oxygen atoms in total. The lowest BCUT2D eigenvalue weighted by Crippen LogP contribution is -2.29. The zero-order chi connectivity index (χ0) is 11.7. The Bertz CT molecular complexity index is 411. The quantitative estimate of drug-likeness (QED) is 0.750. The molecule has 0 unspecified atom stereocenters. The molecular formula is C11H16N4OS. The summed E-state index contributed by atoms with van der Waals surface area (Å²) in [5, 5.41) is 6.97. The highest BCUT2D eigenvalue weighted by Gasteiger charge is 2.29. The molecule has 2 N–H and O–H groups in total. The first-order valence-electron chi connectivity index (χ1n) is 6.18. The lowest BCUT2D eigenvalue weighted by Gasteiger charge is -2.04. The van der Waals surface area contributed by atoms with Crippen LogP contribution in [0.25, 0.3) is 0 Å². The van der Waals surface area contributed by atoms with Crippen molar-refractivity contribution in [2.45, 2.75) is 31.6 Å². The number of aromatic nitrogens is 2. The van der Waals surface area contributed by atoms with E-state index in [-0.39, 0.29) is 11.8 Å². The molecule has 1 amide bonds. The second-order valence-electron chi connectivity index (χ2n) is 4.72. The highest BCUT2D eigenvalue weighted by Crippen LogP contribution is 2.39. The summed E-state index contributed by atoms with van der Waals surface area (Å²) in [5.41, 5.74) is 0. The predicted molar refractivity (Wildman–Crippen MR) is 66.1 cm³/mol. The molecule has 2 aliphatic rings. The molecule has 1 heterocycles. The fraction of sp³-hybridized carbons (Fsp3) is 0.727. The van der Waals surface area contributed by atoms with Crippen LogP contribution in [0.2, 0.25) is 0 Å². The average Bonchev–Trinajstić information content (AvgIpc) is 3.22. The van der Waals surface area contributed by atoms with E-state index in [1.54, 1.807) is 0 Å². The van der Waals surface area contributed by atoms with E-state index >= 15 is 0 Å². The molecule has 2 saturated carbocycles. The van der Waals surface area contributed by atoms with E-state index in [2.05, 4.69) is 20.0 Å². The van der Waals surface area contributed by atoms with Gasteiger partial charge in [0.2, 0.25) is 11.0 Å². The van der Waals surface area contributed by atoms with Gasteiger partial charge < -0.3 is 10.6 Å². The molecule has 0 atom stereocenters. The second kappa shape index (κ2) is 4.60. The number of nitrogens with one attached hydrogen (secondary N) is 2. The SMILES string of the molecule is O=C(NCCNc1nc(C2CC2)ns1)C1CC1. The summed E-state index contributed by atoms with van der Waals surface area (Å²) in [6.07, 6.45) is 4.57. The Balaban J connectivity index is 1.36. The lowest BCUT2D eigenvalue weighted by molar-refractivity contribution is -0.122. The summed E-state index contributed by atoms with van der Waals surface area (Å²) in [5.74, 6) is 2.08. The van der Waals surface area contributed by atoms with E-state index in [1.165, 1.54) is 24.4 Å². The summed E-state index contributed by atoms with van der Waals surface area (Å²) in [4.78, 5) is 15.8. The zero-order valence-electron chi connectivity index (χ0n) is 9.61. The van der Waals surface area contributed by atoms with Gasteiger partial charge in [0.1, 0.15) is 5.82 Å². The topological polar surface area (TPSA) is 66.9 Å². The number of amides is 1. The number of carbonyl (C=O) groups is 1. The molecule has 3 rings (SSSR count). The van der Waals surface area contributed by atoms with Crippen LogP contribution in [0.1, 0.15) is 37.4 Å². The van der Waals surface area contributed by atoms with Crippen molar-refractivity contribution < 1.29 is 4.79 Å². The molecule has 1 aromatic rings. The van der Waals surface area contributed by atoms with E-state index in [0.29, 0.717) is 12.5 Å². The Morgan fingerprint density at radius 3 is 2.82 bits per heavy atom. The molecule has 0 aliphatic heterocycles. The Morgan fingerprint density at radius 1 is 1.29 bits per heavy atom. The predicted octanol–water partition coefficient (Wildman–Crippen LogP) is 1.35. The van der Waals surface area contributed by atoms with Gasteiger partial charge >= 0.3 is 0 Å². The van der Waals surface area contributed by atoms with Gasteiger partial charge in [-0.2, -0.15) is 4.37 Å². The van der Waals surface area contributed by atoms with Crippen molar-refractivity contribution in [3.63, 3.8) is 0 Å². The van der Waals surface area contributed by atoms with Crippen molar-refractivity contribution >= 4 is 22.6 Å². The van der Waals surface area contributed by atoms with Crippen molar-refractivity contribution in [3.05, 3.63) is 5.82 Å². The Labute approximate surface area is 104 Å². The number of nitrogens with zero attached hydrogens (tertiary/aromatic N) is 2. The lowest BCUT2D eigenvalue weighted by atomic mass is 10.4. The van der Waals surface area contributed by atoms with Gasteiger partial charge in [0.05, 0.1) is 0 Å².